The van der Waals surface area contributed by atoms with Crippen molar-refractivity contribution in [1.29, 1.82) is 0 Å². The number of fused-ring (bicyclic) bond motifs is 4. The fourth-order valence-electron chi connectivity index (χ4n) is 15.5. The molecule has 736 valence electrons. The second kappa shape index (κ2) is 60.7. The highest BCUT2D eigenvalue weighted by Crippen LogP contribution is 2.51. The van der Waals surface area contributed by atoms with Crippen LogP contribution in [0, 0.1) is 21.7 Å². The lowest BCUT2D eigenvalue weighted by atomic mass is 9.81. The topological polar surface area (TPSA) is 339 Å². The number of nitrogens with zero attached hydrogens (tertiary/aromatic N) is 6. The van der Waals surface area contributed by atoms with E-state index in [1.54, 1.807) is 143 Å². The molecule has 28 nitrogen and oxygen atoms in total. The van der Waals surface area contributed by atoms with Crippen molar-refractivity contribution >= 4 is 368 Å². The fraction of sp³-hybridized carbons (Fsp3) is 0.811. The monoisotopic (exact) mass is 2170 g/mol. The van der Waals surface area contributed by atoms with Gasteiger partial charge in [-0.3, -0.25) is 52.8 Å². The molecule has 0 aromatic carbocycles. The molecule has 0 aromatic heterocycles. The zero-order chi connectivity index (χ0) is 81.0. The van der Waals surface area contributed by atoms with E-state index in [9.17, 15) is 57.5 Å². The number of carbonyl (C=O) groups excluding carboxylic acids is 12. The van der Waals surface area contributed by atoms with Crippen molar-refractivity contribution in [2.75, 3.05) is 64.3 Å². The Balaban J connectivity index is -0.000000237. The number of hydrogen-bond donors (Lipinski definition) is 8. The molecule has 0 saturated carbocycles. The molecule has 8 N–H and O–H groups in total. The summed E-state index contributed by atoms with van der Waals surface area (Å²) in [6.07, 6.45) is 3.26. The van der Waals surface area contributed by atoms with Crippen molar-refractivity contribution in [3.63, 3.8) is 0 Å². The van der Waals surface area contributed by atoms with Crippen LogP contribution in [0.3, 0.4) is 0 Å². The van der Waals surface area contributed by atoms with Crippen LogP contribution >= 0.6 is 287 Å². The van der Waals surface area contributed by atoms with Gasteiger partial charge in [0.25, 0.3) is 0 Å². The summed E-state index contributed by atoms with van der Waals surface area (Å²) in [6, 6.07) is -7.83. The molecule has 50 heteroatoms. The standard InChI is InChI=1S/C42H69N7O9S3.C32H53N7O5S3.16H2S/c1-23(46(13)37(55)57-39(3,4)5)32(51)44-25-16-19-60-28-21-41(9,10)30(48(28)35(25)53)27(50)15-18-43-33(52)31-42(11,12)22-29-49(31)36(54)26(17-20-61-29)45-34(59)24(2)47(14)38(56)58-40(6,7)8;1-17(33-7)26(41)36-19-10-13-46-22-15-31(3,4)24(38(22)29(19)43)21(40)9-12-35-27(42)25-32(5,6)16-23-39(25)30(44)20(11-14-47-23)37-28(45)18(2)34-8;;;;;;;;;;;;;;;;/h23-26,28-31H,15-22H2,1-14H3,(H,43,52)(H,44,51)(H,45,59);17-20,22-25,33-34H,9-16H2,1-8H3,(H,35,42)(H,36,41)(H,37,45);16*1H2/t23-,24-,25-,26-,28-,29-,30+,31+;17-,18-,19-,20-,22-,23-,24+,25+;;;;;;;;;;;;;;;;/m00................/s1. The van der Waals surface area contributed by atoms with Crippen molar-refractivity contribution in [3.05, 3.63) is 0 Å². The van der Waals surface area contributed by atoms with Crippen molar-refractivity contribution in [3.8, 4) is 0 Å². The van der Waals surface area contributed by atoms with Gasteiger partial charge in [-0.2, -0.15) is 216 Å². The second-order valence-corrected chi connectivity index (χ2v) is 40.7. The van der Waals surface area contributed by atoms with Crippen LogP contribution in [0.5, 0.6) is 0 Å². The minimum Gasteiger partial charge on any atom is -0.444 e. The molecule has 0 unspecified atom stereocenters. The van der Waals surface area contributed by atoms with Crippen LogP contribution in [0.1, 0.15) is 189 Å². The van der Waals surface area contributed by atoms with Crippen LogP contribution < -0.4 is 42.5 Å². The average molecular weight is 2170 g/mol. The number of rotatable bonds is 22. The van der Waals surface area contributed by atoms with Crippen LogP contribution in [0.2, 0.25) is 0 Å². The molecule has 8 aliphatic rings. The van der Waals surface area contributed by atoms with Crippen LogP contribution in [0.15, 0.2) is 0 Å². The van der Waals surface area contributed by atoms with Gasteiger partial charge < -0.3 is 76.5 Å². The lowest BCUT2D eigenvalue weighted by Crippen LogP contribution is -2.58. The maximum atomic E-state index is 14.3. The van der Waals surface area contributed by atoms with Gasteiger partial charge in [0, 0.05) is 40.0 Å². The van der Waals surface area contributed by atoms with Gasteiger partial charge in [0.2, 0.25) is 47.3 Å². The van der Waals surface area contributed by atoms with Gasteiger partial charge in [0.05, 0.1) is 61.7 Å². The van der Waals surface area contributed by atoms with Gasteiger partial charge in [0.15, 0.2) is 11.6 Å². The number of thioether (sulfide) groups is 4. The predicted molar refractivity (Wildman–Crippen MR) is 598 cm³/mol. The first kappa shape index (κ1) is 145. The van der Waals surface area contributed by atoms with E-state index in [4.69, 9.17) is 33.9 Å². The summed E-state index contributed by atoms with van der Waals surface area (Å²) in [5.74, 6) is -0.0140. The second-order valence-electron chi connectivity index (χ2n) is 34.6. The SMILES string of the molecule is CN[C@@H](C)C(=O)N[C@H]1CCS[C@H]2CC(C)(C)[C@@H](C(=O)CCNC(=O)[C@H]3N4C(=O)[C@@H](NC(=S)[C@H](C)NC)CCS[C@H]4CC3(C)C)N2C1=O.C[C@@H](C(=O)N[C@H]1CCS[C@H]2CC(C)(C)[C@@H](C(=O)CCNC(=O)[C@H]3N4C(=O)[C@@H](NC(=S)[C@H](C)N(C)C(=O)OC(C)(C)C)CCS[C@H]4CC3(C)C)N2C1=O)N(C)C(=O)OC(C)(C)C.S.S.S.S.S.S.S.S.S.S.S.S.S.S.S.S. The van der Waals surface area contributed by atoms with Gasteiger partial charge in [0.1, 0.15) is 53.5 Å². The van der Waals surface area contributed by atoms with Crippen molar-refractivity contribution in [2.45, 2.75) is 294 Å². The van der Waals surface area contributed by atoms with E-state index in [0.29, 0.717) is 78.6 Å². The fourth-order valence-corrected chi connectivity index (χ4v) is 22.4. The van der Waals surface area contributed by atoms with Crippen LogP contribution in [-0.4, -0.2) is 280 Å². The van der Waals surface area contributed by atoms with Crippen molar-refractivity contribution in [1.82, 2.24) is 71.9 Å². The van der Waals surface area contributed by atoms with Crippen LogP contribution in [0.4, 0.5) is 9.59 Å². The molecule has 0 aliphatic carbocycles. The largest absolute Gasteiger partial charge is 0.444 e. The highest BCUT2D eigenvalue weighted by molar-refractivity contribution is 8.00. The summed E-state index contributed by atoms with van der Waals surface area (Å²) in [4.78, 5) is 174. The smallest absolute Gasteiger partial charge is 0.410 e. The Morgan fingerprint density at radius 2 is 0.653 bits per heavy atom. The number of ether oxygens (including phenoxy) is 2. The molecule has 0 bridgehead atoms. The number of carbonyl (C=O) groups is 12. The number of ketones is 2. The van der Waals surface area contributed by atoms with E-state index in [1.165, 1.54) is 16.8 Å². The highest BCUT2D eigenvalue weighted by atomic mass is 32.2. The van der Waals surface area contributed by atoms with Crippen molar-refractivity contribution < 1.29 is 67.0 Å². The van der Waals surface area contributed by atoms with E-state index >= 15 is 0 Å². The Bertz CT molecular complexity index is 3240. The Hall–Kier alpha value is 0.340. The Labute approximate surface area is 878 Å². The summed E-state index contributed by atoms with van der Waals surface area (Å²) in [5, 5.41) is 23.3. The van der Waals surface area contributed by atoms with Gasteiger partial charge in [-0.25, -0.2) is 9.59 Å². The predicted octanol–water partition coefficient (Wildman–Crippen LogP) is 7.56. The first-order chi connectivity index (χ1) is 50.0. The maximum Gasteiger partial charge on any atom is 0.410 e. The molecule has 124 heavy (non-hydrogen) atoms. The molecule has 16 atom stereocenters. The molecular formula is C74H154N14O14S22. The molecule has 8 saturated heterocycles. The first-order valence-corrected chi connectivity index (χ1v) is 42.9. The summed E-state index contributed by atoms with van der Waals surface area (Å²) in [7, 11) is 6.56. The molecule has 0 spiro atoms. The van der Waals surface area contributed by atoms with Crippen LogP contribution in [0.25, 0.3) is 0 Å². The molecule has 8 aliphatic heterocycles. The number of hydrogen-bond acceptors (Lipinski definition) is 22. The summed E-state index contributed by atoms with van der Waals surface area (Å²) in [5.41, 5.74) is -3.54. The molecular weight excluding hydrogens is 2010 g/mol. The normalized spacial score (nSPS) is 25.1. The van der Waals surface area contributed by atoms with Crippen LogP contribution in [-0.2, 0) is 57.4 Å². The minimum atomic E-state index is -0.921. The van der Waals surface area contributed by atoms with E-state index in [0.717, 1.165) is 5.75 Å². The van der Waals surface area contributed by atoms with E-state index < -0.39 is 117 Å². The quantitative estimate of drug-likeness (QED) is 0.0485. The lowest BCUT2D eigenvalue weighted by molar-refractivity contribution is -0.143. The van der Waals surface area contributed by atoms with Crippen molar-refractivity contribution in [2.24, 2.45) is 21.7 Å². The van der Waals surface area contributed by atoms with E-state index in [1.807, 2.05) is 69.4 Å². The molecule has 8 rings (SSSR count). The molecule has 0 radical (unpaired) electrons. The number of amides is 10. The number of Topliss-reactive ketones (excluding diaryl/α,β-unsaturated/α-hetero) is 2. The number of likely N-dealkylation sites (N-methyl/N-ethyl adjacent to an activating group) is 4. The molecule has 0 aromatic rings. The lowest BCUT2D eigenvalue weighted by Gasteiger charge is -2.35. The number of nitrogens with one attached hydrogen (secondary N) is 8. The minimum absolute atomic E-state index is 0. The van der Waals surface area contributed by atoms with Gasteiger partial charge in [-0.15, -0.1) is 47.0 Å². The van der Waals surface area contributed by atoms with Gasteiger partial charge >= 0.3 is 12.2 Å². The summed E-state index contributed by atoms with van der Waals surface area (Å²) >= 11 is 17.8. The third-order valence-corrected chi connectivity index (χ3v) is 27.8. The third-order valence-electron chi connectivity index (χ3n) is 21.8. The van der Waals surface area contributed by atoms with E-state index in [-0.39, 0.29) is 322 Å². The average Bonchev–Trinajstić information content (AvgIpc) is 1.62. The van der Waals surface area contributed by atoms with E-state index in [2.05, 4.69) is 42.5 Å². The third kappa shape index (κ3) is 36.4. The highest BCUT2D eigenvalue weighted by Gasteiger charge is 2.59. The molecule has 8 heterocycles. The first-order valence-electron chi connectivity index (χ1n) is 37.8. The zero-order valence-corrected chi connectivity index (χ0v) is 96.3. The summed E-state index contributed by atoms with van der Waals surface area (Å²) < 4.78 is 10.9. The molecule has 10 amide bonds. The number of thiocarbonyl (C=S) groups is 2. The Morgan fingerprint density at radius 1 is 0.403 bits per heavy atom. The zero-order valence-electron chi connectivity index (χ0n) is 75.4. The van der Waals surface area contributed by atoms with Gasteiger partial charge in [-0.05, 0) is 179 Å². The Kier molecular flexibility index (Phi) is 70.9. The van der Waals surface area contributed by atoms with Gasteiger partial charge in [-0.1, -0.05) is 79.8 Å². The maximum absolute atomic E-state index is 14.3. The Morgan fingerprint density at radius 3 is 0.935 bits per heavy atom. The molecule has 8 fully saturated rings. The summed E-state index contributed by atoms with van der Waals surface area (Å²) in [6.45, 7) is 33.5.